The second-order valence-electron chi connectivity index (χ2n) is 3.86. The van der Waals surface area contributed by atoms with Crippen LogP contribution in [0.1, 0.15) is 22.0 Å². The van der Waals surface area contributed by atoms with Gasteiger partial charge in [-0.15, -0.1) is 0 Å². The fraction of sp³-hybridized carbons (Fsp3) is 0.167. The molecule has 2 aromatic rings. The van der Waals surface area contributed by atoms with Crippen LogP contribution in [0.15, 0.2) is 24.4 Å². The highest BCUT2D eigenvalue weighted by Crippen LogP contribution is 2.28. The number of aliphatic hydroxyl groups is 2. The molecule has 94 valence electrons. The summed E-state index contributed by atoms with van der Waals surface area (Å²) in [6.07, 6.45) is -1.48. The van der Waals surface area contributed by atoms with Crippen molar-refractivity contribution in [1.29, 1.82) is 0 Å². The van der Waals surface area contributed by atoms with Gasteiger partial charge in [0.25, 0.3) is 0 Å². The molecule has 1 aromatic heterocycles. The predicted molar refractivity (Wildman–Crippen MR) is 62.3 cm³/mol. The van der Waals surface area contributed by atoms with E-state index >= 15 is 0 Å². The summed E-state index contributed by atoms with van der Waals surface area (Å²) in [5.74, 6) is -1.53. The number of benzene rings is 1. The highest BCUT2D eigenvalue weighted by atomic mass is 16.4. The van der Waals surface area contributed by atoms with Crippen LogP contribution >= 0.6 is 0 Å². The monoisotopic (exact) mass is 249 g/mol. The van der Waals surface area contributed by atoms with Crippen molar-refractivity contribution in [2.75, 3.05) is 0 Å². The molecule has 1 heterocycles. The maximum Gasteiger partial charge on any atom is 0.335 e. The Kier molecular flexibility index (Phi) is 3.14. The van der Waals surface area contributed by atoms with Gasteiger partial charge in [-0.25, -0.2) is 4.79 Å². The Morgan fingerprint density at radius 3 is 2.67 bits per heavy atom. The van der Waals surface area contributed by atoms with Gasteiger partial charge in [0.05, 0.1) is 0 Å². The maximum atomic E-state index is 10.9. The quantitative estimate of drug-likeness (QED) is 0.588. The van der Waals surface area contributed by atoms with Crippen LogP contribution in [0.25, 0.3) is 10.9 Å². The summed E-state index contributed by atoms with van der Waals surface area (Å²) in [7, 11) is 0. The van der Waals surface area contributed by atoms with Crippen LogP contribution in [0.5, 0.6) is 0 Å². The van der Waals surface area contributed by atoms with Crippen LogP contribution < -0.4 is 0 Å². The molecule has 0 saturated heterocycles. The van der Waals surface area contributed by atoms with Crippen molar-refractivity contribution in [2.24, 2.45) is 0 Å². The van der Waals surface area contributed by atoms with E-state index in [9.17, 15) is 19.8 Å². The van der Waals surface area contributed by atoms with Gasteiger partial charge >= 0.3 is 5.97 Å². The molecule has 0 aliphatic heterocycles. The molecule has 2 rings (SSSR count). The van der Waals surface area contributed by atoms with E-state index in [0.717, 1.165) is 0 Å². The lowest BCUT2D eigenvalue weighted by Gasteiger charge is -2.15. The smallest absolute Gasteiger partial charge is 0.335 e. The standard InChI is InChI=1S/C12H11NO5/c14-5-6-4-13-8-3-1-2-7(9(6)8)10(15)11(16)12(17)18/h1-5,10-11,13,15-16H,(H,17,18). The number of carbonyl (C=O) groups is 2. The summed E-state index contributed by atoms with van der Waals surface area (Å²) in [5.41, 5.74) is 1.09. The second-order valence-corrected chi connectivity index (χ2v) is 3.86. The number of aliphatic hydroxyl groups excluding tert-OH is 2. The Bertz CT molecular complexity index is 604. The molecule has 4 N–H and O–H groups in total. The molecule has 0 bridgehead atoms. The largest absolute Gasteiger partial charge is 0.479 e. The summed E-state index contributed by atoms with van der Waals surface area (Å²) in [4.78, 5) is 24.4. The van der Waals surface area contributed by atoms with E-state index in [1.807, 2.05) is 0 Å². The Balaban J connectivity index is 2.59. The van der Waals surface area contributed by atoms with Crippen LogP contribution in [0.4, 0.5) is 0 Å². The van der Waals surface area contributed by atoms with Crippen molar-refractivity contribution < 1.29 is 24.9 Å². The van der Waals surface area contributed by atoms with E-state index in [1.54, 1.807) is 12.1 Å². The molecule has 2 unspecified atom stereocenters. The van der Waals surface area contributed by atoms with Crippen molar-refractivity contribution in [3.05, 3.63) is 35.5 Å². The molecule has 0 amide bonds. The third-order valence-corrected chi connectivity index (χ3v) is 2.77. The highest BCUT2D eigenvalue weighted by molar-refractivity contribution is 5.99. The molecule has 0 fully saturated rings. The number of carboxylic acids is 1. The molecule has 0 saturated carbocycles. The van der Waals surface area contributed by atoms with Crippen LogP contribution in [-0.4, -0.2) is 38.7 Å². The average Bonchev–Trinajstić information content (AvgIpc) is 2.79. The Labute approximate surface area is 101 Å². The van der Waals surface area contributed by atoms with Gasteiger partial charge in [0.1, 0.15) is 6.10 Å². The topological polar surface area (TPSA) is 111 Å². The molecule has 0 aliphatic rings. The minimum Gasteiger partial charge on any atom is -0.479 e. The number of nitrogens with one attached hydrogen (secondary N) is 1. The first-order valence-corrected chi connectivity index (χ1v) is 5.20. The zero-order valence-electron chi connectivity index (χ0n) is 9.20. The summed E-state index contributed by atoms with van der Waals surface area (Å²) in [5, 5.41) is 28.3. The van der Waals surface area contributed by atoms with Crippen molar-refractivity contribution in [2.45, 2.75) is 12.2 Å². The zero-order chi connectivity index (χ0) is 13.3. The highest BCUT2D eigenvalue weighted by Gasteiger charge is 2.27. The first-order valence-electron chi connectivity index (χ1n) is 5.20. The van der Waals surface area contributed by atoms with E-state index in [0.29, 0.717) is 22.8 Å². The van der Waals surface area contributed by atoms with Crippen LogP contribution in [0.3, 0.4) is 0 Å². The minimum absolute atomic E-state index is 0.200. The Hall–Kier alpha value is -2.18. The first-order chi connectivity index (χ1) is 8.56. The van der Waals surface area contributed by atoms with Crippen molar-refractivity contribution in [1.82, 2.24) is 4.98 Å². The molecule has 0 aliphatic carbocycles. The number of rotatable bonds is 4. The predicted octanol–water partition coefficient (Wildman–Crippen LogP) is 0.459. The lowest BCUT2D eigenvalue weighted by molar-refractivity contribution is -0.153. The van der Waals surface area contributed by atoms with Crippen LogP contribution in [0.2, 0.25) is 0 Å². The number of aromatic nitrogens is 1. The number of aliphatic carboxylic acids is 1. The normalized spacial score (nSPS) is 14.3. The number of aromatic amines is 1. The van der Waals surface area contributed by atoms with Gasteiger partial charge in [0, 0.05) is 22.7 Å². The van der Waals surface area contributed by atoms with E-state index < -0.39 is 18.2 Å². The van der Waals surface area contributed by atoms with Crippen LogP contribution in [-0.2, 0) is 4.79 Å². The van der Waals surface area contributed by atoms with Crippen molar-refractivity contribution in [3.8, 4) is 0 Å². The van der Waals surface area contributed by atoms with E-state index in [1.165, 1.54) is 12.3 Å². The molecular weight excluding hydrogens is 238 g/mol. The lowest BCUT2D eigenvalue weighted by Crippen LogP contribution is -2.27. The molecule has 0 radical (unpaired) electrons. The minimum atomic E-state index is -1.94. The zero-order valence-corrected chi connectivity index (χ0v) is 9.20. The van der Waals surface area contributed by atoms with Crippen LogP contribution in [0, 0.1) is 0 Å². The Morgan fingerprint density at radius 1 is 1.33 bits per heavy atom. The third kappa shape index (κ3) is 1.87. The van der Waals surface area contributed by atoms with Crippen molar-refractivity contribution >= 4 is 23.2 Å². The number of hydrogen-bond donors (Lipinski definition) is 4. The van der Waals surface area contributed by atoms with Crippen molar-refractivity contribution in [3.63, 3.8) is 0 Å². The average molecular weight is 249 g/mol. The second kappa shape index (κ2) is 4.59. The van der Waals surface area contributed by atoms with E-state index in [-0.39, 0.29) is 5.56 Å². The summed E-state index contributed by atoms with van der Waals surface area (Å²) >= 11 is 0. The number of fused-ring (bicyclic) bond motifs is 1. The molecule has 1 aromatic carbocycles. The van der Waals surface area contributed by atoms with E-state index in [2.05, 4.69) is 4.98 Å². The maximum absolute atomic E-state index is 10.9. The van der Waals surface area contributed by atoms with Gasteiger partial charge in [0.2, 0.25) is 0 Å². The number of aldehydes is 1. The molecule has 0 spiro atoms. The van der Waals surface area contributed by atoms with Gasteiger partial charge in [-0.05, 0) is 11.6 Å². The number of carboxylic acid groups (broad SMARTS) is 1. The summed E-state index contributed by atoms with van der Waals surface area (Å²) in [6.45, 7) is 0. The first kappa shape index (κ1) is 12.3. The van der Waals surface area contributed by atoms with Gasteiger partial charge in [0.15, 0.2) is 12.4 Å². The van der Waals surface area contributed by atoms with Gasteiger partial charge < -0.3 is 20.3 Å². The fourth-order valence-corrected chi connectivity index (χ4v) is 1.88. The number of hydrogen-bond acceptors (Lipinski definition) is 4. The summed E-state index contributed by atoms with van der Waals surface area (Å²) in [6, 6.07) is 4.76. The van der Waals surface area contributed by atoms with Gasteiger partial charge in [-0.3, -0.25) is 4.79 Å². The number of carbonyl (C=O) groups excluding carboxylic acids is 1. The van der Waals surface area contributed by atoms with Gasteiger partial charge in [-0.2, -0.15) is 0 Å². The molecular formula is C12H11NO5. The lowest BCUT2D eigenvalue weighted by atomic mass is 9.98. The molecule has 6 heteroatoms. The van der Waals surface area contributed by atoms with Gasteiger partial charge in [-0.1, -0.05) is 12.1 Å². The molecule has 18 heavy (non-hydrogen) atoms. The molecule has 2 atom stereocenters. The third-order valence-electron chi connectivity index (χ3n) is 2.77. The Morgan fingerprint density at radius 2 is 2.06 bits per heavy atom. The fourth-order valence-electron chi connectivity index (χ4n) is 1.88. The molecule has 6 nitrogen and oxygen atoms in total. The SMILES string of the molecule is O=Cc1c[nH]c2cccc(C(O)C(O)C(=O)O)c12. The number of H-pyrrole nitrogens is 1. The summed E-state index contributed by atoms with van der Waals surface area (Å²) < 4.78 is 0. The van der Waals surface area contributed by atoms with E-state index in [4.69, 9.17) is 5.11 Å².